The molecule has 108 valence electrons. The summed E-state index contributed by atoms with van der Waals surface area (Å²) in [7, 11) is 0. The summed E-state index contributed by atoms with van der Waals surface area (Å²) in [6.07, 6.45) is 5.54. The van der Waals surface area contributed by atoms with Gasteiger partial charge in [-0.1, -0.05) is 6.07 Å². The standard InChI is InChI=1S/C15H17N5O/c1-10-7-9-17-14(18-10)13(11-5-6-11)20-15(21)19-12-4-2-3-8-16-12/h2-4,7-9,11,13H,5-6H2,1H3,(H2,16,19,20,21). The first-order valence-electron chi connectivity index (χ1n) is 7.00. The van der Waals surface area contributed by atoms with Crippen molar-refractivity contribution >= 4 is 11.8 Å². The van der Waals surface area contributed by atoms with Crippen LogP contribution in [-0.4, -0.2) is 21.0 Å². The second-order valence-corrected chi connectivity index (χ2v) is 5.18. The summed E-state index contributed by atoms with van der Waals surface area (Å²) in [5, 5.41) is 5.68. The molecule has 6 heteroatoms. The monoisotopic (exact) mass is 283 g/mol. The van der Waals surface area contributed by atoms with Crippen LogP contribution in [0.5, 0.6) is 0 Å². The van der Waals surface area contributed by atoms with Gasteiger partial charge in [0, 0.05) is 18.1 Å². The summed E-state index contributed by atoms with van der Waals surface area (Å²) in [6.45, 7) is 1.92. The van der Waals surface area contributed by atoms with Gasteiger partial charge in [-0.15, -0.1) is 0 Å². The van der Waals surface area contributed by atoms with E-state index in [-0.39, 0.29) is 12.1 Å². The number of hydrogen-bond acceptors (Lipinski definition) is 4. The summed E-state index contributed by atoms with van der Waals surface area (Å²) in [6, 6.07) is 6.79. The second-order valence-electron chi connectivity index (χ2n) is 5.18. The van der Waals surface area contributed by atoms with Gasteiger partial charge in [0.05, 0.1) is 6.04 Å². The minimum atomic E-state index is -0.282. The molecule has 1 fully saturated rings. The summed E-state index contributed by atoms with van der Waals surface area (Å²) in [5.74, 6) is 1.62. The van der Waals surface area contributed by atoms with Gasteiger partial charge in [-0.25, -0.2) is 19.7 Å². The fourth-order valence-corrected chi connectivity index (χ4v) is 2.17. The van der Waals surface area contributed by atoms with E-state index in [9.17, 15) is 4.79 Å². The third-order valence-corrected chi connectivity index (χ3v) is 3.38. The molecule has 2 aromatic heterocycles. The van der Waals surface area contributed by atoms with Crippen molar-refractivity contribution in [3.63, 3.8) is 0 Å². The van der Waals surface area contributed by atoms with Crippen LogP contribution in [0.4, 0.5) is 10.6 Å². The Balaban J connectivity index is 1.69. The number of amides is 2. The van der Waals surface area contributed by atoms with E-state index in [4.69, 9.17) is 0 Å². The highest BCUT2D eigenvalue weighted by Gasteiger charge is 2.35. The van der Waals surface area contributed by atoms with Crippen molar-refractivity contribution < 1.29 is 4.79 Å². The van der Waals surface area contributed by atoms with Gasteiger partial charge in [0.15, 0.2) is 5.82 Å². The lowest BCUT2D eigenvalue weighted by Gasteiger charge is -2.17. The zero-order valence-corrected chi connectivity index (χ0v) is 11.8. The number of carbonyl (C=O) groups is 1. The predicted molar refractivity (Wildman–Crippen MR) is 78.6 cm³/mol. The van der Waals surface area contributed by atoms with E-state index < -0.39 is 0 Å². The topological polar surface area (TPSA) is 79.8 Å². The van der Waals surface area contributed by atoms with E-state index in [0.717, 1.165) is 18.5 Å². The van der Waals surface area contributed by atoms with Crippen molar-refractivity contribution in [1.82, 2.24) is 20.3 Å². The van der Waals surface area contributed by atoms with Crippen LogP contribution in [0, 0.1) is 12.8 Å². The molecule has 2 aromatic rings. The number of carbonyl (C=O) groups excluding carboxylic acids is 1. The lowest BCUT2D eigenvalue weighted by atomic mass is 10.1. The van der Waals surface area contributed by atoms with Crippen LogP contribution in [0.25, 0.3) is 0 Å². The number of aromatic nitrogens is 3. The van der Waals surface area contributed by atoms with Gasteiger partial charge in [0.1, 0.15) is 5.82 Å². The average Bonchev–Trinajstić information content (AvgIpc) is 3.30. The van der Waals surface area contributed by atoms with Crippen LogP contribution >= 0.6 is 0 Å². The van der Waals surface area contributed by atoms with Crippen molar-refractivity contribution in [2.75, 3.05) is 5.32 Å². The molecule has 1 unspecified atom stereocenters. The Kier molecular flexibility index (Phi) is 3.77. The van der Waals surface area contributed by atoms with Gasteiger partial charge < -0.3 is 5.32 Å². The average molecular weight is 283 g/mol. The van der Waals surface area contributed by atoms with E-state index in [1.54, 1.807) is 24.5 Å². The Labute approximate surface area is 123 Å². The van der Waals surface area contributed by atoms with Crippen molar-refractivity contribution in [3.8, 4) is 0 Å². The summed E-state index contributed by atoms with van der Waals surface area (Å²) in [5.41, 5.74) is 0.901. The molecule has 1 saturated carbocycles. The molecule has 1 aliphatic rings. The Hall–Kier alpha value is -2.50. The Morgan fingerprint density at radius 3 is 2.76 bits per heavy atom. The number of hydrogen-bond donors (Lipinski definition) is 2. The molecular weight excluding hydrogens is 266 g/mol. The first-order valence-corrected chi connectivity index (χ1v) is 7.00. The molecular formula is C15H17N5O. The molecule has 21 heavy (non-hydrogen) atoms. The van der Waals surface area contributed by atoms with Crippen molar-refractivity contribution in [3.05, 3.63) is 48.2 Å². The van der Waals surface area contributed by atoms with Crippen molar-refractivity contribution in [2.45, 2.75) is 25.8 Å². The summed E-state index contributed by atoms with van der Waals surface area (Å²) < 4.78 is 0. The molecule has 3 rings (SSSR count). The third kappa shape index (κ3) is 3.53. The normalized spacial score (nSPS) is 15.3. The largest absolute Gasteiger partial charge is 0.328 e. The number of urea groups is 1. The van der Waals surface area contributed by atoms with Gasteiger partial charge in [0.25, 0.3) is 0 Å². The van der Waals surface area contributed by atoms with E-state index >= 15 is 0 Å². The van der Waals surface area contributed by atoms with Crippen LogP contribution in [-0.2, 0) is 0 Å². The van der Waals surface area contributed by atoms with Crippen molar-refractivity contribution in [1.29, 1.82) is 0 Å². The molecule has 0 saturated heterocycles. The first kappa shape index (κ1) is 13.5. The number of nitrogens with zero attached hydrogens (tertiary/aromatic N) is 3. The molecule has 0 spiro atoms. The lowest BCUT2D eigenvalue weighted by Crippen LogP contribution is -2.34. The minimum Gasteiger partial charge on any atom is -0.328 e. The maximum atomic E-state index is 12.1. The van der Waals surface area contributed by atoms with Gasteiger partial charge in [-0.05, 0) is 43.9 Å². The molecule has 0 aromatic carbocycles. The van der Waals surface area contributed by atoms with E-state index in [1.165, 1.54) is 0 Å². The second kappa shape index (κ2) is 5.87. The zero-order valence-electron chi connectivity index (χ0n) is 11.8. The SMILES string of the molecule is Cc1ccnc(C(NC(=O)Nc2ccccn2)C2CC2)n1. The maximum Gasteiger partial charge on any atom is 0.321 e. The van der Waals surface area contributed by atoms with E-state index in [1.807, 2.05) is 19.1 Å². The smallest absolute Gasteiger partial charge is 0.321 e. The zero-order chi connectivity index (χ0) is 14.7. The lowest BCUT2D eigenvalue weighted by molar-refractivity contribution is 0.246. The van der Waals surface area contributed by atoms with Gasteiger partial charge >= 0.3 is 6.03 Å². The molecule has 0 bridgehead atoms. The maximum absolute atomic E-state index is 12.1. The van der Waals surface area contributed by atoms with Crippen LogP contribution < -0.4 is 10.6 Å². The highest BCUT2D eigenvalue weighted by atomic mass is 16.2. The summed E-state index contributed by atoms with van der Waals surface area (Å²) in [4.78, 5) is 24.9. The summed E-state index contributed by atoms with van der Waals surface area (Å²) >= 11 is 0. The molecule has 2 N–H and O–H groups in total. The molecule has 0 radical (unpaired) electrons. The highest BCUT2D eigenvalue weighted by Crippen LogP contribution is 2.39. The Morgan fingerprint density at radius 2 is 2.10 bits per heavy atom. The van der Waals surface area contributed by atoms with E-state index in [0.29, 0.717) is 17.6 Å². The molecule has 1 aliphatic carbocycles. The third-order valence-electron chi connectivity index (χ3n) is 3.38. The Morgan fingerprint density at radius 1 is 1.24 bits per heavy atom. The number of rotatable bonds is 4. The van der Waals surface area contributed by atoms with Crippen LogP contribution in [0.3, 0.4) is 0 Å². The number of anilines is 1. The van der Waals surface area contributed by atoms with Crippen LogP contribution in [0.1, 0.15) is 30.4 Å². The van der Waals surface area contributed by atoms with Gasteiger partial charge in [-0.3, -0.25) is 5.32 Å². The predicted octanol–water partition coefficient (Wildman–Crippen LogP) is 2.45. The molecule has 2 amide bonds. The molecule has 1 atom stereocenters. The van der Waals surface area contributed by atoms with Gasteiger partial charge in [-0.2, -0.15) is 0 Å². The van der Waals surface area contributed by atoms with E-state index in [2.05, 4.69) is 25.6 Å². The quantitative estimate of drug-likeness (QED) is 0.903. The fourth-order valence-electron chi connectivity index (χ4n) is 2.17. The first-order chi connectivity index (χ1) is 10.2. The molecule has 6 nitrogen and oxygen atoms in total. The fraction of sp³-hybridized carbons (Fsp3) is 0.333. The molecule has 2 heterocycles. The number of aryl methyl sites for hydroxylation is 1. The number of nitrogens with one attached hydrogen (secondary N) is 2. The number of pyridine rings is 1. The van der Waals surface area contributed by atoms with Gasteiger partial charge in [0.2, 0.25) is 0 Å². The molecule has 0 aliphatic heterocycles. The minimum absolute atomic E-state index is 0.145. The Bertz CT molecular complexity index is 627. The van der Waals surface area contributed by atoms with Crippen molar-refractivity contribution in [2.24, 2.45) is 5.92 Å². The van der Waals surface area contributed by atoms with Crippen LogP contribution in [0.2, 0.25) is 0 Å². The van der Waals surface area contributed by atoms with Crippen LogP contribution in [0.15, 0.2) is 36.7 Å². The highest BCUT2D eigenvalue weighted by molar-refractivity contribution is 5.88.